The number of unbranched alkanes of at least 4 members (excludes halogenated alkanes) is 1. The van der Waals surface area contributed by atoms with E-state index < -0.39 is 5.60 Å². The standard InChI is InChI=1S/C27H32N4O3/c1-27(2,3)34-26(32)28-15-7-8-16-31-24(17-19-11-13-20(33-4)14-12-19)30-23-18-29-22-10-6-5-9-21(22)25(23)31/h5-6,9-14,18H,7-8,15-17H2,1-4H3,(H,28,32). The molecule has 7 nitrogen and oxygen atoms in total. The maximum absolute atomic E-state index is 11.9. The number of nitrogens with zero attached hydrogens (tertiary/aromatic N) is 3. The molecular formula is C27H32N4O3. The maximum atomic E-state index is 11.9. The van der Waals surface area contributed by atoms with Gasteiger partial charge in [0.25, 0.3) is 0 Å². The molecule has 1 N–H and O–H groups in total. The third-order valence-corrected chi connectivity index (χ3v) is 5.56. The quantitative estimate of drug-likeness (QED) is 0.352. The SMILES string of the molecule is COc1ccc(Cc2nc3cnc4ccccc4c3n2CCCCNC(=O)OC(C)(C)C)cc1. The number of methoxy groups -OCH3 is 1. The smallest absolute Gasteiger partial charge is 0.407 e. The number of pyridine rings is 1. The van der Waals surface area contributed by atoms with Gasteiger partial charge in [-0.05, 0) is 57.4 Å². The summed E-state index contributed by atoms with van der Waals surface area (Å²) in [5.41, 5.74) is 3.63. The fourth-order valence-electron chi connectivity index (χ4n) is 4.01. The highest BCUT2D eigenvalue weighted by Crippen LogP contribution is 2.26. The number of benzene rings is 2. The number of imidazole rings is 1. The summed E-state index contributed by atoms with van der Waals surface area (Å²) >= 11 is 0. The van der Waals surface area contributed by atoms with Crippen LogP contribution in [0.15, 0.2) is 54.7 Å². The van der Waals surface area contributed by atoms with Gasteiger partial charge in [-0.1, -0.05) is 30.3 Å². The van der Waals surface area contributed by atoms with Crippen molar-refractivity contribution in [2.24, 2.45) is 0 Å². The predicted octanol–water partition coefficient (Wildman–Crippen LogP) is 5.49. The highest BCUT2D eigenvalue weighted by molar-refractivity contribution is 6.02. The van der Waals surface area contributed by atoms with Gasteiger partial charge in [0.1, 0.15) is 22.7 Å². The number of ether oxygens (including phenoxy) is 2. The van der Waals surface area contributed by atoms with Crippen LogP contribution in [0.3, 0.4) is 0 Å². The number of nitrogens with one attached hydrogen (secondary N) is 1. The molecule has 178 valence electrons. The molecule has 2 heterocycles. The van der Waals surface area contributed by atoms with E-state index in [9.17, 15) is 4.79 Å². The molecule has 1 amide bonds. The molecular weight excluding hydrogens is 428 g/mol. The average Bonchev–Trinajstić information content (AvgIpc) is 3.15. The third kappa shape index (κ3) is 5.65. The van der Waals surface area contributed by atoms with Crippen molar-refractivity contribution >= 4 is 28.0 Å². The topological polar surface area (TPSA) is 78.3 Å². The Hall–Kier alpha value is -3.61. The van der Waals surface area contributed by atoms with Crippen molar-refractivity contribution in [1.29, 1.82) is 0 Å². The lowest BCUT2D eigenvalue weighted by atomic mass is 10.1. The first-order chi connectivity index (χ1) is 16.3. The highest BCUT2D eigenvalue weighted by atomic mass is 16.6. The number of fused-ring (bicyclic) bond motifs is 3. The number of alkyl carbamates (subject to hydrolysis) is 1. The van der Waals surface area contributed by atoms with Gasteiger partial charge in [0, 0.05) is 24.9 Å². The number of aromatic nitrogens is 3. The molecule has 0 unspecified atom stereocenters. The number of para-hydroxylation sites is 1. The van der Waals surface area contributed by atoms with E-state index in [1.807, 2.05) is 57.3 Å². The Balaban J connectivity index is 1.54. The van der Waals surface area contributed by atoms with Crippen LogP contribution in [0.4, 0.5) is 4.79 Å². The van der Waals surface area contributed by atoms with Crippen LogP contribution in [0.1, 0.15) is 45.0 Å². The number of carbonyl (C=O) groups is 1. The van der Waals surface area contributed by atoms with E-state index in [4.69, 9.17) is 14.5 Å². The highest BCUT2D eigenvalue weighted by Gasteiger charge is 2.16. The van der Waals surface area contributed by atoms with E-state index >= 15 is 0 Å². The van der Waals surface area contributed by atoms with E-state index in [0.717, 1.165) is 52.9 Å². The molecule has 0 aliphatic rings. The van der Waals surface area contributed by atoms with Crippen molar-refractivity contribution in [3.05, 3.63) is 66.1 Å². The van der Waals surface area contributed by atoms with E-state index in [0.29, 0.717) is 13.0 Å². The minimum absolute atomic E-state index is 0.377. The van der Waals surface area contributed by atoms with Gasteiger partial charge in [0.2, 0.25) is 0 Å². The Kier molecular flexibility index (Phi) is 7.01. The van der Waals surface area contributed by atoms with Crippen LogP contribution in [0.25, 0.3) is 21.9 Å². The second-order valence-corrected chi connectivity index (χ2v) is 9.35. The lowest BCUT2D eigenvalue weighted by Crippen LogP contribution is -2.33. The van der Waals surface area contributed by atoms with Gasteiger partial charge < -0.3 is 19.4 Å². The average molecular weight is 461 g/mol. The second-order valence-electron chi connectivity index (χ2n) is 9.35. The molecule has 0 aliphatic carbocycles. The van der Waals surface area contributed by atoms with Gasteiger partial charge in [0.15, 0.2) is 0 Å². The summed E-state index contributed by atoms with van der Waals surface area (Å²) in [6.45, 7) is 6.95. The Bertz CT molecular complexity index is 1270. The third-order valence-electron chi connectivity index (χ3n) is 5.56. The molecule has 0 atom stereocenters. The van der Waals surface area contributed by atoms with Gasteiger partial charge in [-0.25, -0.2) is 9.78 Å². The fourth-order valence-corrected chi connectivity index (χ4v) is 4.01. The van der Waals surface area contributed by atoms with E-state index in [1.165, 1.54) is 5.56 Å². The van der Waals surface area contributed by atoms with Gasteiger partial charge in [-0.15, -0.1) is 0 Å². The molecule has 4 rings (SSSR count). The molecule has 0 saturated heterocycles. The monoisotopic (exact) mass is 460 g/mol. The first-order valence-electron chi connectivity index (χ1n) is 11.7. The zero-order chi connectivity index (χ0) is 24.1. The first kappa shape index (κ1) is 23.5. The number of carbonyl (C=O) groups excluding carboxylic acids is 1. The zero-order valence-corrected chi connectivity index (χ0v) is 20.3. The molecule has 0 spiro atoms. The van der Waals surface area contributed by atoms with E-state index in [1.54, 1.807) is 7.11 Å². The van der Waals surface area contributed by atoms with Crippen molar-refractivity contribution in [2.75, 3.05) is 13.7 Å². The van der Waals surface area contributed by atoms with Crippen LogP contribution >= 0.6 is 0 Å². The van der Waals surface area contributed by atoms with Crippen LogP contribution in [-0.2, 0) is 17.7 Å². The summed E-state index contributed by atoms with van der Waals surface area (Å²) in [5.74, 6) is 1.84. The van der Waals surface area contributed by atoms with Crippen molar-refractivity contribution in [1.82, 2.24) is 19.9 Å². The van der Waals surface area contributed by atoms with Gasteiger partial charge in [-0.3, -0.25) is 4.98 Å². The molecule has 0 fully saturated rings. The van der Waals surface area contributed by atoms with Crippen molar-refractivity contribution in [3.8, 4) is 5.75 Å². The summed E-state index contributed by atoms with van der Waals surface area (Å²) in [5, 5.41) is 3.94. The minimum Gasteiger partial charge on any atom is -0.497 e. The molecule has 0 bridgehead atoms. The normalized spacial score (nSPS) is 11.6. The number of aryl methyl sites for hydroxylation is 1. The fraction of sp³-hybridized carbons (Fsp3) is 0.370. The summed E-state index contributed by atoms with van der Waals surface area (Å²) < 4.78 is 12.9. The summed E-state index contributed by atoms with van der Waals surface area (Å²) in [6, 6.07) is 16.3. The number of amides is 1. The molecule has 2 aromatic heterocycles. The summed E-state index contributed by atoms with van der Waals surface area (Å²) in [7, 11) is 1.67. The van der Waals surface area contributed by atoms with Gasteiger partial charge >= 0.3 is 6.09 Å². The number of rotatable bonds is 8. The molecule has 4 aromatic rings. The summed E-state index contributed by atoms with van der Waals surface area (Å²) in [6.07, 6.45) is 3.92. The molecule has 0 saturated carbocycles. The Morgan fingerprint density at radius 3 is 2.53 bits per heavy atom. The van der Waals surface area contributed by atoms with Gasteiger partial charge in [0.05, 0.1) is 24.3 Å². The first-order valence-corrected chi connectivity index (χ1v) is 11.7. The molecule has 0 radical (unpaired) electrons. The molecule has 7 heteroatoms. The van der Waals surface area contributed by atoms with Crippen LogP contribution in [0, 0.1) is 0 Å². The van der Waals surface area contributed by atoms with Crippen molar-refractivity contribution in [3.63, 3.8) is 0 Å². The van der Waals surface area contributed by atoms with E-state index in [-0.39, 0.29) is 6.09 Å². The predicted molar refractivity (Wildman–Crippen MR) is 134 cm³/mol. The molecule has 34 heavy (non-hydrogen) atoms. The van der Waals surface area contributed by atoms with Crippen LogP contribution < -0.4 is 10.1 Å². The Labute approximate surface area is 200 Å². The van der Waals surface area contributed by atoms with Gasteiger partial charge in [-0.2, -0.15) is 0 Å². The van der Waals surface area contributed by atoms with Crippen LogP contribution in [0.2, 0.25) is 0 Å². The second kappa shape index (κ2) is 10.1. The number of hydrogen-bond acceptors (Lipinski definition) is 5. The van der Waals surface area contributed by atoms with Crippen LogP contribution in [0.5, 0.6) is 5.75 Å². The van der Waals surface area contributed by atoms with Crippen molar-refractivity contribution < 1.29 is 14.3 Å². The number of hydrogen-bond donors (Lipinski definition) is 1. The maximum Gasteiger partial charge on any atom is 0.407 e. The zero-order valence-electron chi connectivity index (χ0n) is 20.3. The van der Waals surface area contributed by atoms with Crippen molar-refractivity contribution in [2.45, 2.75) is 52.2 Å². The Morgan fingerprint density at radius 2 is 1.79 bits per heavy atom. The minimum atomic E-state index is -0.495. The molecule has 2 aromatic carbocycles. The lowest BCUT2D eigenvalue weighted by molar-refractivity contribution is 0.0527. The summed E-state index contributed by atoms with van der Waals surface area (Å²) in [4.78, 5) is 21.5. The van der Waals surface area contributed by atoms with E-state index in [2.05, 4.69) is 33.1 Å². The lowest BCUT2D eigenvalue weighted by Gasteiger charge is -2.19. The Morgan fingerprint density at radius 1 is 1.03 bits per heavy atom. The van der Waals surface area contributed by atoms with Crippen LogP contribution in [-0.4, -0.2) is 39.9 Å². The largest absolute Gasteiger partial charge is 0.497 e. The molecule has 0 aliphatic heterocycles.